The van der Waals surface area contributed by atoms with Crippen molar-refractivity contribution >= 4 is 43.5 Å². The molecule has 0 aliphatic heterocycles. The minimum absolute atomic E-state index is 0.123. The first-order chi connectivity index (χ1) is 8.99. The van der Waals surface area contributed by atoms with Gasteiger partial charge in [-0.3, -0.25) is 4.79 Å². The lowest BCUT2D eigenvalue weighted by molar-refractivity contribution is 0.102. The summed E-state index contributed by atoms with van der Waals surface area (Å²) in [4.78, 5) is 12.3. The zero-order valence-electron chi connectivity index (χ0n) is 10.6. The minimum Gasteiger partial charge on any atom is -0.322 e. The molecule has 4 heteroatoms. The molecule has 1 N–H and O–H groups in total. The smallest absolute Gasteiger partial charge is 0.256 e. The first-order valence-electron chi connectivity index (χ1n) is 5.81. The Kier molecular flexibility index (Phi) is 4.42. The summed E-state index contributed by atoms with van der Waals surface area (Å²) in [5.41, 5.74) is 3.69. The van der Waals surface area contributed by atoms with Crippen LogP contribution in [0.3, 0.4) is 0 Å². The van der Waals surface area contributed by atoms with E-state index in [-0.39, 0.29) is 5.91 Å². The maximum atomic E-state index is 12.3. The van der Waals surface area contributed by atoms with Gasteiger partial charge in [0.1, 0.15) is 0 Å². The summed E-state index contributed by atoms with van der Waals surface area (Å²) < 4.78 is 1.65. The average molecular weight is 383 g/mol. The Morgan fingerprint density at radius 3 is 2.58 bits per heavy atom. The van der Waals surface area contributed by atoms with Crippen molar-refractivity contribution in [2.75, 3.05) is 5.32 Å². The maximum Gasteiger partial charge on any atom is 0.256 e. The van der Waals surface area contributed by atoms with Crippen LogP contribution in [-0.4, -0.2) is 5.91 Å². The normalized spacial score (nSPS) is 10.3. The molecule has 0 heterocycles. The molecule has 0 unspecified atom stereocenters. The Balaban J connectivity index is 2.31. The summed E-state index contributed by atoms with van der Waals surface area (Å²) in [6.07, 6.45) is 0. The molecule has 0 saturated carbocycles. The number of nitrogens with one attached hydrogen (secondary N) is 1. The molecule has 2 aromatic rings. The van der Waals surface area contributed by atoms with Crippen LogP contribution in [0, 0.1) is 13.8 Å². The number of carbonyl (C=O) groups is 1. The van der Waals surface area contributed by atoms with E-state index in [1.165, 1.54) is 0 Å². The lowest BCUT2D eigenvalue weighted by atomic mass is 10.1. The summed E-state index contributed by atoms with van der Waals surface area (Å²) in [7, 11) is 0. The SMILES string of the molecule is Cc1cccc(NC(=O)c2cc(Br)ccc2Br)c1C. The van der Waals surface area contributed by atoms with Gasteiger partial charge in [-0.15, -0.1) is 0 Å². The van der Waals surface area contributed by atoms with Crippen LogP contribution in [-0.2, 0) is 0 Å². The molecule has 0 radical (unpaired) electrons. The predicted octanol–water partition coefficient (Wildman–Crippen LogP) is 5.08. The van der Waals surface area contributed by atoms with Crippen LogP contribution >= 0.6 is 31.9 Å². The van der Waals surface area contributed by atoms with Gasteiger partial charge in [0, 0.05) is 14.6 Å². The number of benzene rings is 2. The lowest BCUT2D eigenvalue weighted by Gasteiger charge is -2.11. The van der Waals surface area contributed by atoms with Crippen molar-refractivity contribution < 1.29 is 4.79 Å². The number of amides is 1. The van der Waals surface area contributed by atoms with Gasteiger partial charge in [0.25, 0.3) is 5.91 Å². The molecular formula is C15H13Br2NO. The fourth-order valence-corrected chi connectivity index (χ4v) is 2.54. The van der Waals surface area contributed by atoms with Crippen molar-refractivity contribution in [2.24, 2.45) is 0 Å². The van der Waals surface area contributed by atoms with E-state index in [9.17, 15) is 4.79 Å². The Labute approximate surface area is 129 Å². The Morgan fingerprint density at radius 1 is 1.11 bits per heavy atom. The van der Waals surface area contributed by atoms with E-state index in [1.807, 2.05) is 44.2 Å². The number of hydrogen-bond acceptors (Lipinski definition) is 1. The average Bonchev–Trinajstić information content (AvgIpc) is 2.38. The highest BCUT2D eigenvalue weighted by Gasteiger charge is 2.12. The maximum absolute atomic E-state index is 12.3. The van der Waals surface area contributed by atoms with E-state index in [1.54, 1.807) is 6.07 Å². The van der Waals surface area contributed by atoms with Crippen molar-refractivity contribution in [1.29, 1.82) is 0 Å². The first kappa shape index (κ1) is 14.3. The molecule has 0 aliphatic rings. The van der Waals surface area contributed by atoms with Crippen molar-refractivity contribution in [3.63, 3.8) is 0 Å². The molecule has 2 aromatic carbocycles. The van der Waals surface area contributed by atoms with Crippen molar-refractivity contribution in [1.82, 2.24) is 0 Å². The molecule has 19 heavy (non-hydrogen) atoms. The van der Waals surface area contributed by atoms with Crippen LogP contribution in [0.4, 0.5) is 5.69 Å². The molecule has 2 nitrogen and oxygen atoms in total. The second-order valence-corrected chi connectivity index (χ2v) is 6.10. The van der Waals surface area contributed by atoms with Crippen molar-refractivity contribution in [2.45, 2.75) is 13.8 Å². The zero-order chi connectivity index (χ0) is 14.0. The Morgan fingerprint density at radius 2 is 1.84 bits per heavy atom. The van der Waals surface area contributed by atoms with E-state index in [0.29, 0.717) is 5.56 Å². The molecule has 0 aromatic heterocycles. The van der Waals surface area contributed by atoms with Gasteiger partial charge in [-0.25, -0.2) is 0 Å². The van der Waals surface area contributed by atoms with E-state index < -0.39 is 0 Å². The van der Waals surface area contributed by atoms with E-state index in [0.717, 1.165) is 25.8 Å². The van der Waals surface area contributed by atoms with Gasteiger partial charge >= 0.3 is 0 Å². The Bertz CT molecular complexity index is 638. The van der Waals surface area contributed by atoms with E-state index in [2.05, 4.69) is 37.2 Å². The molecular weight excluding hydrogens is 370 g/mol. The third-order valence-corrected chi connectivity index (χ3v) is 4.21. The molecule has 0 atom stereocenters. The number of aryl methyl sites for hydroxylation is 1. The fraction of sp³-hybridized carbons (Fsp3) is 0.133. The van der Waals surface area contributed by atoms with Crippen LogP contribution in [0.2, 0.25) is 0 Å². The molecule has 98 valence electrons. The van der Waals surface area contributed by atoms with Crippen LogP contribution in [0.15, 0.2) is 45.3 Å². The third kappa shape index (κ3) is 3.25. The fourth-order valence-electron chi connectivity index (χ4n) is 1.75. The first-order valence-corrected chi connectivity index (χ1v) is 7.40. The molecule has 0 fully saturated rings. The zero-order valence-corrected chi connectivity index (χ0v) is 13.8. The van der Waals surface area contributed by atoms with Gasteiger partial charge in [0.2, 0.25) is 0 Å². The van der Waals surface area contributed by atoms with Gasteiger partial charge in [0.05, 0.1) is 5.56 Å². The molecule has 0 aliphatic carbocycles. The topological polar surface area (TPSA) is 29.1 Å². The standard InChI is InChI=1S/C15H13Br2NO/c1-9-4-3-5-14(10(9)2)18-15(19)12-8-11(16)6-7-13(12)17/h3-8H,1-2H3,(H,18,19). The number of anilines is 1. The van der Waals surface area contributed by atoms with E-state index in [4.69, 9.17) is 0 Å². The Hall–Kier alpha value is -1.13. The van der Waals surface area contributed by atoms with Crippen molar-refractivity contribution in [3.8, 4) is 0 Å². The summed E-state index contributed by atoms with van der Waals surface area (Å²) in [5.74, 6) is -0.123. The lowest BCUT2D eigenvalue weighted by Crippen LogP contribution is -2.13. The van der Waals surface area contributed by atoms with E-state index >= 15 is 0 Å². The number of hydrogen-bond donors (Lipinski definition) is 1. The third-order valence-electron chi connectivity index (χ3n) is 3.03. The van der Waals surface area contributed by atoms with Gasteiger partial charge in [-0.05, 0) is 65.2 Å². The minimum atomic E-state index is -0.123. The van der Waals surface area contributed by atoms with Gasteiger partial charge < -0.3 is 5.32 Å². The second kappa shape index (κ2) is 5.88. The monoisotopic (exact) mass is 381 g/mol. The molecule has 2 rings (SSSR count). The molecule has 1 amide bonds. The summed E-state index contributed by atoms with van der Waals surface area (Å²) in [6.45, 7) is 4.03. The number of halogens is 2. The molecule has 0 spiro atoms. The molecule has 0 saturated heterocycles. The molecule has 0 bridgehead atoms. The van der Waals surface area contributed by atoms with Gasteiger partial charge in [-0.1, -0.05) is 28.1 Å². The quantitative estimate of drug-likeness (QED) is 0.770. The number of rotatable bonds is 2. The summed E-state index contributed by atoms with van der Waals surface area (Å²) >= 11 is 6.77. The van der Waals surface area contributed by atoms with Crippen LogP contribution in [0.1, 0.15) is 21.5 Å². The van der Waals surface area contributed by atoms with Crippen LogP contribution in [0.5, 0.6) is 0 Å². The van der Waals surface area contributed by atoms with Crippen LogP contribution < -0.4 is 5.32 Å². The summed E-state index contributed by atoms with van der Waals surface area (Å²) in [6, 6.07) is 11.4. The summed E-state index contributed by atoms with van der Waals surface area (Å²) in [5, 5.41) is 2.95. The van der Waals surface area contributed by atoms with Crippen LogP contribution in [0.25, 0.3) is 0 Å². The highest BCUT2D eigenvalue weighted by molar-refractivity contribution is 9.11. The number of carbonyl (C=O) groups excluding carboxylic acids is 1. The van der Waals surface area contributed by atoms with Crippen molar-refractivity contribution in [3.05, 3.63) is 62.0 Å². The largest absolute Gasteiger partial charge is 0.322 e. The van der Waals surface area contributed by atoms with Gasteiger partial charge in [0.15, 0.2) is 0 Å². The highest BCUT2D eigenvalue weighted by Crippen LogP contribution is 2.24. The highest BCUT2D eigenvalue weighted by atomic mass is 79.9. The second-order valence-electron chi connectivity index (χ2n) is 4.33. The predicted molar refractivity (Wildman–Crippen MR) is 85.7 cm³/mol. The van der Waals surface area contributed by atoms with Gasteiger partial charge in [-0.2, -0.15) is 0 Å².